The summed E-state index contributed by atoms with van der Waals surface area (Å²) < 4.78 is 0. The number of rotatable bonds is 0. The number of nitrogens with zero attached hydrogens (tertiary/aromatic N) is 3. The van der Waals surface area contributed by atoms with Crippen molar-refractivity contribution in [3.8, 4) is 0 Å². The van der Waals surface area contributed by atoms with Gasteiger partial charge in [0.25, 0.3) is 35.4 Å². The second-order valence-electron chi connectivity index (χ2n) is 9.09. The maximum atomic E-state index is 11.4. The molecule has 2 aliphatic carbocycles. The Balaban J connectivity index is 0.000000185. The Morgan fingerprint density at radius 3 is 0.778 bits per heavy atom. The van der Waals surface area contributed by atoms with E-state index < -0.39 is 0 Å². The molecule has 0 spiro atoms. The molecule has 0 unspecified atom stereocenters. The molecule has 6 amide bonds. The van der Waals surface area contributed by atoms with Crippen molar-refractivity contribution >= 4 is 35.4 Å². The van der Waals surface area contributed by atoms with Crippen LogP contribution in [0.4, 0.5) is 0 Å². The van der Waals surface area contributed by atoms with Crippen molar-refractivity contribution in [2.75, 3.05) is 21.1 Å². The molecule has 3 aliphatic heterocycles. The average Bonchev–Trinajstić information content (AvgIpc) is 3.35. The van der Waals surface area contributed by atoms with E-state index in [4.69, 9.17) is 0 Å². The van der Waals surface area contributed by atoms with Crippen LogP contribution in [0.3, 0.4) is 0 Å². The van der Waals surface area contributed by atoms with Gasteiger partial charge in [-0.2, -0.15) is 0 Å². The molecule has 0 N–H and O–H groups in total. The molecule has 0 bridgehead atoms. The lowest BCUT2D eigenvalue weighted by atomic mass is 9.93. The van der Waals surface area contributed by atoms with Crippen LogP contribution in [0.1, 0.15) is 79.1 Å². The minimum atomic E-state index is -0.178. The second kappa shape index (κ2) is 12.1. The minimum absolute atomic E-state index is 0.0744. The first kappa shape index (κ1) is 28.9. The van der Waals surface area contributed by atoms with E-state index in [0.29, 0.717) is 11.1 Å². The molecule has 0 saturated heterocycles. The van der Waals surface area contributed by atoms with Gasteiger partial charge >= 0.3 is 0 Å². The van der Waals surface area contributed by atoms with E-state index >= 15 is 0 Å². The van der Waals surface area contributed by atoms with E-state index in [1.807, 2.05) is 13.8 Å². The smallest absolute Gasteiger partial charge is 0.256 e. The summed E-state index contributed by atoms with van der Waals surface area (Å²) >= 11 is 0. The van der Waals surface area contributed by atoms with Gasteiger partial charge < -0.3 is 0 Å². The molecule has 0 saturated carbocycles. The van der Waals surface area contributed by atoms with Gasteiger partial charge in [-0.05, 0) is 65.2 Å². The number of hydrogen-bond acceptors (Lipinski definition) is 6. The first-order chi connectivity index (χ1) is 17.0. The van der Waals surface area contributed by atoms with Crippen molar-refractivity contribution in [1.82, 2.24) is 14.7 Å². The van der Waals surface area contributed by atoms with E-state index in [1.54, 1.807) is 27.9 Å². The number of carbonyl (C=O) groups is 6. The van der Waals surface area contributed by atoms with E-state index in [0.717, 1.165) is 78.6 Å². The van der Waals surface area contributed by atoms with Gasteiger partial charge in [0, 0.05) is 54.6 Å². The highest BCUT2D eigenvalue weighted by Gasteiger charge is 2.37. The molecule has 0 aromatic heterocycles. The fourth-order valence-electron chi connectivity index (χ4n) is 4.67. The van der Waals surface area contributed by atoms with Gasteiger partial charge in [-0.3, -0.25) is 43.5 Å². The first-order valence-corrected chi connectivity index (χ1v) is 12.6. The molecule has 0 radical (unpaired) electrons. The third-order valence-corrected chi connectivity index (χ3v) is 7.00. The van der Waals surface area contributed by atoms with Crippen LogP contribution >= 0.6 is 0 Å². The summed E-state index contributed by atoms with van der Waals surface area (Å²) in [6.45, 7) is 7.33. The van der Waals surface area contributed by atoms with Gasteiger partial charge in [-0.25, -0.2) is 0 Å². The van der Waals surface area contributed by atoms with Crippen LogP contribution in [0.5, 0.6) is 0 Å². The van der Waals surface area contributed by atoms with Crippen LogP contribution in [0.15, 0.2) is 33.4 Å². The van der Waals surface area contributed by atoms with Gasteiger partial charge in [0.1, 0.15) is 0 Å². The zero-order chi connectivity index (χ0) is 27.3. The van der Waals surface area contributed by atoms with E-state index in [9.17, 15) is 28.8 Å². The number of hydrogen-bond donors (Lipinski definition) is 0. The van der Waals surface area contributed by atoms with Crippen molar-refractivity contribution < 1.29 is 28.8 Å². The molecular weight excluding hydrogens is 462 g/mol. The van der Waals surface area contributed by atoms with Crippen LogP contribution in [0.2, 0.25) is 0 Å². The predicted octanol–water partition coefficient (Wildman–Crippen LogP) is 3.06. The summed E-state index contributed by atoms with van der Waals surface area (Å²) in [5, 5.41) is 0. The zero-order valence-electron chi connectivity index (χ0n) is 22.4. The van der Waals surface area contributed by atoms with E-state index in [2.05, 4.69) is 0 Å². The molecule has 196 valence electrons. The Bertz CT molecular complexity index is 955. The molecule has 0 fully saturated rings. The maximum absolute atomic E-state index is 11.4. The topological polar surface area (TPSA) is 112 Å². The largest absolute Gasteiger partial charge is 0.278 e. The van der Waals surface area contributed by atoms with Crippen LogP contribution in [-0.2, 0) is 28.8 Å². The highest BCUT2D eigenvalue weighted by molar-refractivity contribution is 6.20. The standard InChI is InChI=1S/2C9H11NO2.C7H9NO2.C2H6/c2*1-10-8(11)6-4-2-3-5-7(6)9(10)12;1-4-5(2)7(10)8(3)6(4)9;1-2/h2*2-5H2,1H3;1-3H3;1-2H3. The molecule has 36 heavy (non-hydrogen) atoms. The summed E-state index contributed by atoms with van der Waals surface area (Å²) in [6, 6.07) is 0. The van der Waals surface area contributed by atoms with E-state index in [-0.39, 0.29) is 35.4 Å². The lowest BCUT2D eigenvalue weighted by molar-refractivity contribution is -0.137. The highest BCUT2D eigenvalue weighted by atomic mass is 16.2. The summed E-state index contributed by atoms with van der Waals surface area (Å²) in [7, 11) is 4.61. The molecular formula is C27H37N3O6. The van der Waals surface area contributed by atoms with Crippen LogP contribution < -0.4 is 0 Å². The van der Waals surface area contributed by atoms with Crippen LogP contribution in [0, 0.1) is 0 Å². The Kier molecular flexibility index (Phi) is 9.67. The molecule has 9 nitrogen and oxygen atoms in total. The van der Waals surface area contributed by atoms with Crippen molar-refractivity contribution in [3.05, 3.63) is 33.4 Å². The lowest BCUT2D eigenvalue weighted by Crippen LogP contribution is -2.26. The van der Waals surface area contributed by atoms with Crippen molar-refractivity contribution in [1.29, 1.82) is 0 Å². The molecule has 0 aromatic carbocycles. The predicted molar refractivity (Wildman–Crippen MR) is 134 cm³/mol. The lowest BCUT2D eigenvalue weighted by Gasteiger charge is -2.08. The van der Waals surface area contributed by atoms with Gasteiger partial charge in [0.15, 0.2) is 0 Å². The van der Waals surface area contributed by atoms with Crippen molar-refractivity contribution in [2.45, 2.75) is 79.1 Å². The van der Waals surface area contributed by atoms with Crippen molar-refractivity contribution in [2.24, 2.45) is 0 Å². The third-order valence-electron chi connectivity index (χ3n) is 7.00. The summed E-state index contributed by atoms with van der Waals surface area (Å²) in [6.07, 6.45) is 7.37. The number of imide groups is 3. The maximum Gasteiger partial charge on any atom is 0.256 e. The van der Waals surface area contributed by atoms with Gasteiger partial charge in [0.05, 0.1) is 0 Å². The number of carbonyl (C=O) groups excluding carboxylic acids is 6. The highest BCUT2D eigenvalue weighted by Crippen LogP contribution is 2.32. The van der Waals surface area contributed by atoms with Gasteiger partial charge in [-0.15, -0.1) is 0 Å². The summed E-state index contributed by atoms with van der Waals surface area (Å²) in [5.41, 5.74) is 4.21. The molecule has 0 atom stereocenters. The molecule has 3 heterocycles. The zero-order valence-corrected chi connectivity index (χ0v) is 22.4. The Morgan fingerprint density at radius 1 is 0.417 bits per heavy atom. The van der Waals surface area contributed by atoms with E-state index in [1.165, 1.54) is 16.8 Å². The number of amides is 6. The average molecular weight is 500 g/mol. The Morgan fingerprint density at radius 2 is 0.611 bits per heavy atom. The van der Waals surface area contributed by atoms with Crippen molar-refractivity contribution in [3.63, 3.8) is 0 Å². The quantitative estimate of drug-likeness (QED) is 0.474. The summed E-state index contributed by atoms with van der Waals surface area (Å²) in [4.78, 5) is 71.1. The summed E-state index contributed by atoms with van der Waals surface area (Å²) in [5.74, 6) is -0.654. The fourth-order valence-corrected chi connectivity index (χ4v) is 4.67. The fraction of sp³-hybridized carbons (Fsp3) is 0.556. The van der Waals surface area contributed by atoms with Gasteiger partial charge in [0.2, 0.25) is 0 Å². The minimum Gasteiger partial charge on any atom is -0.278 e. The SMILES string of the molecule is CC.CC1=C(C)C(=O)N(C)C1=O.CN1C(=O)C2=C(CCCC2)C1=O.CN1C(=O)C2=C(CCCC2)C1=O. The molecule has 9 heteroatoms. The Hall–Kier alpha value is -3.36. The molecule has 0 aromatic rings. The number of likely N-dealkylation sites (N-methyl/N-ethyl adjacent to an activating group) is 3. The normalized spacial score (nSPS) is 21.2. The monoisotopic (exact) mass is 499 g/mol. The van der Waals surface area contributed by atoms with Gasteiger partial charge in [-0.1, -0.05) is 13.8 Å². The molecule has 5 rings (SSSR count). The van der Waals surface area contributed by atoms with Crippen LogP contribution in [-0.4, -0.2) is 71.3 Å². The third kappa shape index (κ3) is 5.39. The second-order valence-corrected chi connectivity index (χ2v) is 9.09. The molecule has 5 aliphatic rings. The Labute approximate surface area is 212 Å². The first-order valence-electron chi connectivity index (χ1n) is 12.6. The van der Waals surface area contributed by atoms with Crippen LogP contribution in [0.25, 0.3) is 0 Å².